The number of nitrogens with zero attached hydrogens (tertiary/aromatic N) is 2. The van der Waals surface area contributed by atoms with Crippen molar-refractivity contribution in [1.82, 2.24) is 4.57 Å². The summed E-state index contributed by atoms with van der Waals surface area (Å²) in [6.07, 6.45) is 1.70. The number of hydrogen-bond donors (Lipinski definition) is 0. The molecule has 0 spiro atoms. The van der Waals surface area contributed by atoms with Crippen LogP contribution in [-0.4, -0.2) is 31.4 Å². The average Bonchev–Trinajstić information content (AvgIpc) is 3.52. The monoisotopic (exact) mass is 530 g/mol. The Morgan fingerprint density at radius 1 is 1.08 bits per heavy atom. The van der Waals surface area contributed by atoms with Crippen LogP contribution in [-0.2, 0) is 9.53 Å². The predicted molar refractivity (Wildman–Crippen MR) is 144 cm³/mol. The van der Waals surface area contributed by atoms with E-state index >= 15 is 0 Å². The molecule has 2 aromatic heterocycles. The van der Waals surface area contributed by atoms with Crippen LogP contribution in [0, 0.1) is 0 Å². The zero-order chi connectivity index (χ0) is 26.8. The van der Waals surface area contributed by atoms with E-state index in [0.717, 1.165) is 5.56 Å². The third kappa shape index (κ3) is 4.56. The van der Waals surface area contributed by atoms with Gasteiger partial charge in [-0.3, -0.25) is 9.36 Å². The smallest absolute Gasteiger partial charge is 0.338 e. The van der Waals surface area contributed by atoms with Crippen LogP contribution in [0.25, 0.3) is 17.4 Å². The predicted octanol–water partition coefficient (Wildman–Crippen LogP) is 4.08. The van der Waals surface area contributed by atoms with Gasteiger partial charge >= 0.3 is 5.97 Å². The molecule has 4 aromatic rings. The van der Waals surface area contributed by atoms with E-state index in [9.17, 15) is 9.59 Å². The standard InChI is InChI=1S/C29H26N2O6S/c1-5-36-28(33)25-17(2)30-29-31(26(25)19-11-13-22(34-3)23(15-19)35-4)27(32)24(38-29)16-20-12-14-21(37-20)18-9-7-6-8-10-18/h6-16,26H,5H2,1-4H3/b24-16-/t26-/m1/s1. The summed E-state index contributed by atoms with van der Waals surface area (Å²) in [5.74, 6) is 1.73. The van der Waals surface area contributed by atoms with Crippen LogP contribution in [0.4, 0.5) is 0 Å². The Kier molecular flexibility index (Phi) is 7.02. The van der Waals surface area contributed by atoms with Crippen LogP contribution >= 0.6 is 11.3 Å². The third-order valence-corrected chi connectivity index (χ3v) is 7.18. The van der Waals surface area contributed by atoms with Gasteiger partial charge < -0.3 is 18.6 Å². The van der Waals surface area contributed by atoms with Gasteiger partial charge in [0.25, 0.3) is 5.56 Å². The van der Waals surface area contributed by atoms with E-state index < -0.39 is 12.0 Å². The number of allylic oxidation sites excluding steroid dienone is 1. The fourth-order valence-electron chi connectivity index (χ4n) is 4.45. The average molecular weight is 531 g/mol. The molecular weight excluding hydrogens is 504 g/mol. The first-order chi connectivity index (χ1) is 18.4. The number of carbonyl (C=O) groups excluding carboxylic acids is 1. The Morgan fingerprint density at radius 3 is 2.55 bits per heavy atom. The molecule has 38 heavy (non-hydrogen) atoms. The van der Waals surface area contributed by atoms with Gasteiger partial charge in [0.1, 0.15) is 11.5 Å². The largest absolute Gasteiger partial charge is 0.493 e. The lowest BCUT2D eigenvalue weighted by Crippen LogP contribution is -2.39. The molecule has 2 aromatic carbocycles. The molecule has 1 atom stereocenters. The summed E-state index contributed by atoms with van der Waals surface area (Å²) >= 11 is 1.23. The summed E-state index contributed by atoms with van der Waals surface area (Å²) in [6.45, 7) is 3.68. The minimum absolute atomic E-state index is 0.195. The second kappa shape index (κ2) is 10.5. The molecule has 0 saturated carbocycles. The van der Waals surface area contributed by atoms with Crippen LogP contribution in [0.1, 0.15) is 31.2 Å². The van der Waals surface area contributed by atoms with Crippen molar-refractivity contribution < 1.29 is 23.4 Å². The Labute approximate surface area is 222 Å². The molecular formula is C29H26N2O6S. The van der Waals surface area contributed by atoms with Gasteiger partial charge in [-0.05, 0) is 43.7 Å². The highest BCUT2D eigenvalue weighted by Crippen LogP contribution is 2.36. The number of esters is 1. The lowest BCUT2D eigenvalue weighted by Gasteiger charge is -2.25. The molecule has 3 heterocycles. The topological polar surface area (TPSA) is 92.3 Å². The van der Waals surface area contributed by atoms with Crippen molar-refractivity contribution in [3.63, 3.8) is 0 Å². The fraction of sp³-hybridized carbons (Fsp3) is 0.207. The van der Waals surface area contributed by atoms with Crippen molar-refractivity contribution in [2.45, 2.75) is 19.9 Å². The lowest BCUT2D eigenvalue weighted by atomic mass is 9.95. The molecule has 8 nitrogen and oxygen atoms in total. The van der Waals surface area contributed by atoms with E-state index in [4.69, 9.17) is 18.6 Å². The van der Waals surface area contributed by atoms with Gasteiger partial charge in [-0.25, -0.2) is 9.79 Å². The maximum Gasteiger partial charge on any atom is 0.338 e. The molecule has 1 aliphatic heterocycles. The molecule has 0 amide bonds. The summed E-state index contributed by atoms with van der Waals surface area (Å²) in [4.78, 5) is 32.0. The number of hydrogen-bond acceptors (Lipinski definition) is 8. The summed E-state index contributed by atoms with van der Waals surface area (Å²) in [5, 5.41) is 0. The molecule has 0 bridgehead atoms. The van der Waals surface area contributed by atoms with Gasteiger partial charge in [-0.15, -0.1) is 0 Å². The first-order valence-electron chi connectivity index (χ1n) is 12.0. The number of fused-ring (bicyclic) bond motifs is 1. The summed E-state index contributed by atoms with van der Waals surface area (Å²) < 4.78 is 24.2. The zero-order valence-electron chi connectivity index (χ0n) is 21.4. The van der Waals surface area contributed by atoms with Crippen LogP contribution < -0.4 is 24.4 Å². The summed E-state index contributed by atoms with van der Waals surface area (Å²) in [6, 6.07) is 18.0. The molecule has 0 unspecified atom stereocenters. The van der Waals surface area contributed by atoms with E-state index in [-0.39, 0.29) is 12.2 Å². The van der Waals surface area contributed by atoms with Crippen molar-refractivity contribution in [3.8, 4) is 22.8 Å². The van der Waals surface area contributed by atoms with E-state index in [1.165, 1.54) is 23.0 Å². The normalized spacial score (nSPS) is 15.2. The molecule has 0 aliphatic carbocycles. The highest BCUT2D eigenvalue weighted by molar-refractivity contribution is 7.07. The number of rotatable bonds is 7. The summed E-state index contributed by atoms with van der Waals surface area (Å²) in [7, 11) is 3.08. The highest BCUT2D eigenvalue weighted by Gasteiger charge is 2.34. The highest BCUT2D eigenvalue weighted by atomic mass is 32.1. The van der Waals surface area contributed by atoms with Gasteiger partial charge in [-0.1, -0.05) is 47.7 Å². The van der Waals surface area contributed by atoms with E-state index in [0.29, 0.717) is 49.2 Å². The molecule has 9 heteroatoms. The number of ether oxygens (including phenoxy) is 3. The number of carbonyl (C=O) groups is 1. The number of benzene rings is 2. The van der Waals surface area contributed by atoms with Gasteiger partial charge in [0.2, 0.25) is 0 Å². The number of furan rings is 1. The quantitative estimate of drug-likeness (QED) is 0.335. The van der Waals surface area contributed by atoms with Crippen molar-refractivity contribution in [1.29, 1.82) is 0 Å². The lowest BCUT2D eigenvalue weighted by molar-refractivity contribution is -0.139. The SMILES string of the molecule is CCOC(=O)C1=C(C)N=c2s/c(=C\c3ccc(-c4ccccc4)o3)c(=O)n2[C@@H]1c1ccc(OC)c(OC)c1. The summed E-state index contributed by atoms with van der Waals surface area (Å²) in [5.41, 5.74) is 2.09. The minimum Gasteiger partial charge on any atom is -0.493 e. The van der Waals surface area contributed by atoms with Crippen LogP contribution in [0.3, 0.4) is 0 Å². The van der Waals surface area contributed by atoms with Crippen molar-refractivity contribution in [2.24, 2.45) is 4.99 Å². The van der Waals surface area contributed by atoms with Crippen LogP contribution in [0.15, 0.2) is 86.1 Å². The Balaban J connectivity index is 1.67. The van der Waals surface area contributed by atoms with Gasteiger partial charge in [0.15, 0.2) is 16.3 Å². The minimum atomic E-state index is -0.760. The number of aromatic nitrogens is 1. The van der Waals surface area contributed by atoms with Crippen molar-refractivity contribution >= 4 is 23.4 Å². The van der Waals surface area contributed by atoms with Crippen molar-refractivity contribution in [3.05, 3.63) is 103 Å². The van der Waals surface area contributed by atoms with E-state index in [1.54, 1.807) is 45.2 Å². The zero-order valence-corrected chi connectivity index (χ0v) is 22.2. The molecule has 0 saturated heterocycles. The third-order valence-electron chi connectivity index (χ3n) is 6.20. The Hall–Kier alpha value is -4.37. The molecule has 1 aliphatic rings. The van der Waals surface area contributed by atoms with Gasteiger partial charge in [-0.2, -0.15) is 0 Å². The first kappa shape index (κ1) is 25.3. The van der Waals surface area contributed by atoms with Gasteiger partial charge in [0, 0.05) is 11.6 Å². The molecule has 5 rings (SSSR count). The molecule has 194 valence electrons. The second-order valence-electron chi connectivity index (χ2n) is 8.48. The number of thiazole rings is 1. The van der Waals surface area contributed by atoms with E-state index in [2.05, 4.69) is 4.99 Å². The van der Waals surface area contributed by atoms with Crippen LogP contribution in [0.5, 0.6) is 11.5 Å². The number of methoxy groups -OCH3 is 2. The van der Waals surface area contributed by atoms with Crippen LogP contribution in [0.2, 0.25) is 0 Å². The Morgan fingerprint density at radius 2 is 1.84 bits per heavy atom. The fourth-order valence-corrected chi connectivity index (χ4v) is 5.47. The van der Waals surface area contributed by atoms with E-state index in [1.807, 2.05) is 42.5 Å². The molecule has 0 fully saturated rings. The second-order valence-corrected chi connectivity index (χ2v) is 9.49. The first-order valence-corrected chi connectivity index (χ1v) is 12.8. The van der Waals surface area contributed by atoms with Crippen molar-refractivity contribution in [2.75, 3.05) is 20.8 Å². The maximum atomic E-state index is 13.8. The van der Waals surface area contributed by atoms with Gasteiger partial charge in [0.05, 0.1) is 42.7 Å². The maximum absolute atomic E-state index is 13.8. The molecule has 0 radical (unpaired) electrons. The molecule has 0 N–H and O–H groups in total. The Bertz CT molecular complexity index is 1710.